The van der Waals surface area contributed by atoms with Crippen molar-refractivity contribution in [1.82, 2.24) is 50.7 Å². The number of likely N-dealkylation sites (tertiary alicyclic amines) is 1. The summed E-state index contributed by atoms with van der Waals surface area (Å²) < 4.78 is 73.9. The van der Waals surface area contributed by atoms with E-state index in [9.17, 15) is 102 Å². The van der Waals surface area contributed by atoms with Crippen molar-refractivity contribution in [1.29, 1.82) is 0 Å². The minimum Gasteiger partial charge on any atom is -0.481 e. The molecule has 1 aromatic heterocycles. The molecule has 4 unspecified atom stereocenters. The van der Waals surface area contributed by atoms with Gasteiger partial charge in [0.2, 0.25) is 35.4 Å². The van der Waals surface area contributed by atoms with Crippen molar-refractivity contribution in [3.8, 4) is 22.5 Å². The monoisotopic (exact) mass is 2090 g/mol. The number of hydrogen-bond donors (Lipinski definition) is 11. The number of aromatic nitrogens is 3. The summed E-state index contributed by atoms with van der Waals surface area (Å²) in [7, 11) is -3.29. The third-order valence-electron chi connectivity index (χ3n) is 25.9. The molecule has 2 aliphatic heterocycles. The second-order valence-electron chi connectivity index (χ2n) is 37.2. The Morgan fingerprint density at radius 1 is 0.596 bits per heavy atom. The van der Waals surface area contributed by atoms with E-state index in [1.807, 2.05) is 97.4 Å². The van der Waals surface area contributed by atoms with E-state index in [2.05, 4.69) is 26.5 Å². The second kappa shape index (κ2) is 63.5. The highest BCUT2D eigenvalue weighted by Crippen LogP contribution is 2.49. The molecule has 0 bridgehead atoms. The van der Waals surface area contributed by atoms with Crippen LogP contribution in [0.2, 0.25) is 0 Å². The van der Waals surface area contributed by atoms with Crippen LogP contribution in [0.3, 0.4) is 0 Å². The number of ketones is 2. The highest BCUT2D eigenvalue weighted by molar-refractivity contribution is 7.52. The molecule has 43 nitrogen and oxygen atoms in total. The van der Waals surface area contributed by atoms with Crippen molar-refractivity contribution < 1.29 is 154 Å². The fourth-order valence-corrected chi connectivity index (χ4v) is 20.2. The Labute approximate surface area is 851 Å². The molecule has 4 aromatic carbocycles. The first kappa shape index (κ1) is 124. The number of aryl methyl sites for hydroxylation is 2. The molecule has 1 fully saturated rings. The van der Waals surface area contributed by atoms with Crippen LogP contribution >= 0.6 is 15.3 Å². The molecule has 45 heteroatoms. The number of carboxylic acid groups (broad SMARTS) is 4. The van der Waals surface area contributed by atoms with Crippen molar-refractivity contribution in [3.05, 3.63) is 125 Å². The molecule has 0 spiro atoms. The summed E-state index contributed by atoms with van der Waals surface area (Å²) in [5.74, 6) is -14.1. The number of likely N-dealkylation sites (N-methyl/N-ethyl adjacent to an activating group) is 2. The molecule has 808 valence electrons. The number of nitrogens with one attached hydrogen (secondary N) is 4. The molecule has 11 N–H and O–H groups in total. The molecule has 7 amide bonds. The Morgan fingerprint density at radius 3 is 1.79 bits per heavy atom. The number of carbonyl (C=O) groups excluding carboxylic acids is 11. The Kier molecular flexibility index (Phi) is 53.8. The largest absolute Gasteiger partial charge is 0.481 e. The topological polar surface area (TPSA) is 597 Å². The number of ether oxygens (including phenoxy) is 6. The van der Waals surface area contributed by atoms with E-state index >= 15 is 0 Å². The number of hydrogen-bond acceptors (Lipinski definition) is 28. The molecule has 15 atom stereocenters. The van der Waals surface area contributed by atoms with Gasteiger partial charge in [0, 0.05) is 115 Å². The van der Waals surface area contributed by atoms with Crippen LogP contribution in [-0.2, 0) is 133 Å². The van der Waals surface area contributed by atoms with Crippen molar-refractivity contribution in [2.75, 3.05) is 125 Å². The lowest BCUT2D eigenvalue weighted by Gasteiger charge is -2.40. The summed E-state index contributed by atoms with van der Waals surface area (Å²) >= 11 is 0. The van der Waals surface area contributed by atoms with E-state index in [1.165, 1.54) is 19.1 Å². The maximum Gasteiger partial charge on any atom is 0.406 e. The molecule has 2 aliphatic rings. The van der Waals surface area contributed by atoms with Crippen LogP contribution in [0.5, 0.6) is 0 Å². The number of methoxy groups -OCH3 is 2. The predicted octanol–water partition coefficient (Wildman–Crippen LogP) is 9.00. The van der Waals surface area contributed by atoms with Gasteiger partial charge in [0.15, 0.2) is 0 Å². The van der Waals surface area contributed by atoms with E-state index < -0.39 is 185 Å². The summed E-state index contributed by atoms with van der Waals surface area (Å²) in [5.41, 5.74) is 6.55. The molecule has 0 aliphatic carbocycles. The van der Waals surface area contributed by atoms with Crippen LogP contribution in [-0.4, -0.2) is 310 Å². The van der Waals surface area contributed by atoms with E-state index in [0.717, 1.165) is 52.7 Å². The summed E-state index contributed by atoms with van der Waals surface area (Å²) in [4.78, 5) is 212. The van der Waals surface area contributed by atoms with Crippen LogP contribution in [0.1, 0.15) is 198 Å². The molecule has 3 heterocycles. The number of rotatable bonds is 69. The van der Waals surface area contributed by atoms with Gasteiger partial charge in [-0.05, 0) is 118 Å². The molecule has 7 rings (SSSR count). The first-order valence-electron chi connectivity index (χ1n) is 49.4. The zero-order chi connectivity index (χ0) is 108. The van der Waals surface area contributed by atoms with Gasteiger partial charge in [-0.25, -0.2) is 14.0 Å². The van der Waals surface area contributed by atoms with E-state index in [0.29, 0.717) is 60.5 Å². The average molecular weight is 2090 g/mol. The lowest BCUT2D eigenvalue weighted by molar-refractivity contribution is -0.192. The number of unbranched alkanes of at least 4 members (excludes halogenated alkanes) is 2. The molecule has 0 saturated carbocycles. The van der Waals surface area contributed by atoms with Crippen molar-refractivity contribution in [3.63, 3.8) is 0 Å². The van der Waals surface area contributed by atoms with E-state index in [4.69, 9.17) is 57.3 Å². The first-order chi connectivity index (χ1) is 69.4. The van der Waals surface area contributed by atoms with E-state index in [-0.39, 0.29) is 165 Å². The summed E-state index contributed by atoms with van der Waals surface area (Å²) in [5, 5.41) is 68.6. The van der Waals surface area contributed by atoms with Crippen molar-refractivity contribution in [2.45, 2.75) is 233 Å². The maximum absolute atomic E-state index is 14.8. The number of anilines is 1. The van der Waals surface area contributed by atoms with Crippen LogP contribution < -0.4 is 26.2 Å². The molecule has 146 heavy (non-hydrogen) atoms. The van der Waals surface area contributed by atoms with Crippen LogP contribution in [0.15, 0.2) is 103 Å². The lowest BCUT2D eigenvalue weighted by atomic mass is 9.89. The highest BCUT2D eigenvalue weighted by atomic mass is 31.2. The SMILES string of the molecule is CC[C@H](C)[C@@H]([C@@H](CC(=O)N1CCC([C@H](OC)[C@@H](C)C(=O)N[C@H](C)[C@@H](O)c2ccccc2)C1)OC)N(C)C(=O)[C@@H](NC(=O)[C@H](C(C)C)N(C)P(=O)(O)OCCNC(=O)c1ccc(CCCCCn2nnc3c2-c2ccccc2CN(C(=O)CCC(=O)CCOCCOCCOCCOCCC(=O)C[C@@H](CCC(=O)N[C@H](CCCOP(=O)(O)CC(CCC(=O)O)C(=O)O)C(=O)O)C(=O)O)c2ccccc2-3)cc1)C(C)C.O=C=O. The van der Waals surface area contributed by atoms with Crippen LogP contribution in [0, 0.1) is 41.4 Å². The zero-order valence-electron chi connectivity index (χ0n) is 85.4. The summed E-state index contributed by atoms with van der Waals surface area (Å²) in [6, 6.07) is 26.4. The van der Waals surface area contributed by atoms with Crippen molar-refractivity contribution in [2.24, 2.45) is 41.4 Å². The molecule has 1 saturated heterocycles. The predicted molar refractivity (Wildman–Crippen MR) is 532 cm³/mol. The quantitative estimate of drug-likeness (QED) is 0.0128. The number of fused-ring (bicyclic) bond motifs is 5. The Bertz CT molecular complexity index is 5180. The van der Waals surface area contributed by atoms with E-state index in [1.54, 1.807) is 89.8 Å². The number of benzene rings is 4. The number of nitrogens with zero attached hydrogens (tertiary/aromatic N) is 7. The maximum atomic E-state index is 14.8. The Morgan fingerprint density at radius 2 is 1.20 bits per heavy atom. The Hall–Kier alpha value is -11.1. The third-order valence-corrected chi connectivity index (χ3v) is 29.0. The standard InChI is InChI=1S/C100H147N11O30P2.CO2/c1-13-66(6)90(82(134-11)60-85(116)109-48-43-74(61-109)93(135-12)67(7)94(120)102-68(8)92(119)70-26-17-14-18-27-70)107(9)97(123)87(64(2)3)104-96(122)89(65(4)5)108(10)143(132,133)141-52-46-101-95(121)71-35-33-69(34-36-71)25-16-15-23-47-111-91-78-29-20-19-28-73(78)62-110(81-32-22-21-30-79(81)88(91)105-106-111)84(115)41-39-76(112)44-50-136-53-55-138-57-58-139-56-54-137-51-45-77(113)59-72(98(124)125)37-40-83(114)103-80(100(128)129)31-24-49-140-142(130,131)63-75(99(126)127)38-42-86(117)118;2-1-3/h14,17-22,26-30,32-36,64-68,72,74-75,80,82,87,89-90,92-93,119H,13,15-16,23-25,31,37-63H2,1-12H3,(H,101,121)(H,102,120)(H,103,114)(H,104,122)(H,117,118)(H,124,125)(H,126,127)(H,128,129)(H,130,131)(H,132,133);/t66-,67+,68+,72+,74?,75?,80+,82+,87-,89-,90-,92+,93+;/m0./s1. The van der Waals surface area contributed by atoms with Crippen LogP contribution in [0.4, 0.5) is 5.69 Å². The summed E-state index contributed by atoms with van der Waals surface area (Å²) in [6.07, 6.45) is -1.28. The van der Waals surface area contributed by atoms with Gasteiger partial charge in [-0.2, -0.15) is 14.3 Å². The van der Waals surface area contributed by atoms with Gasteiger partial charge < -0.3 is 104 Å². The van der Waals surface area contributed by atoms with Gasteiger partial charge in [-0.3, -0.25) is 66.6 Å². The minimum absolute atomic E-state index is 0.00820. The molecule has 0 radical (unpaired) electrons. The Balaban J connectivity index is 0.0000107. The lowest BCUT2D eigenvalue weighted by Crippen LogP contribution is -2.59. The van der Waals surface area contributed by atoms with Crippen LogP contribution in [0.25, 0.3) is 22.5 Å². The zero-order valence-corrected chi connectivity index (χ0v) is 87.2. The van der Waals surface area contributed by atoms with Gasteiger partial charge in [0.25, 0.3) is 5.91 Å². The van der Waals surface area contributed by atoms with Gasteiger partial charge in [0.1, 0.15) is 35.4 Å². The number of carboxylic acids is 4. The van der Waals surface area contributed by atoms with Gasteiger partial charge in [-0.15, -0.1) is 5.10 Å². The minimum atomic E-state index is -4.72. The van der Waals surface area contributed by atoms with Crippen molar-refractivity contribution >= 4 is 104 Å². The number of para-hydroxylation sites is 1. The number of aliphatic carboxylic acids is 4. The number of amides is 7. The first-order valence-corrected chi connectivity index (χ1v) is 52.7. The third kappa shape index (κ3) is 40.2. The fourth-order valence-electron chi connectivity index (χ4n) is 17.6. The van der Waals surface area contributed by atoms with Gasteiger partial charge in [-0.1, -0.05) is 151 Å². The normalized spacial score (nSPS) is 16.2. The molecular weight excluding hydrogens is 1940 g/mol. The highest BCUT2D eigenvalue weighted by Gasteiger charge is 2.45. The fraction of sp³-hybridized carbons (Fsp3) is 0.604. The number of carbonyl (C=O) groups is 13. The number of aliphatic hydroxyl groups excluding tert-OH is 1. The number of Topliss-reactive ketones (excluding diaryl/α,β-unsaturated/α-hetero) is 2. The average Bonchev–Trinajstić information content (AvgIpc) is 1.57. The van der Waals surface area contributed by atoms with Gasteiger partial charge in [0.05, 0.1) is 145 Å². The summed E-state index contributed by atoms with van der Waals surface area (Å²) in [6.45, 7) is 16.1. The molecular formula is C101H147N11O32P2. The second-order valence-corrected chi connectivity index (χ2v) is 41.0. The van der Waals surface area contributed by atoms with Gasteiger partial charge >= 0.3 is 45.4 Å². The smallest absolute Gasteiger partial charge is 0.406 e. The molecule has 5 aromatic rings. The number of aliphatic hydroxyl groups is 1.